The predicted octanol–water partition coefficient (Wildman–Crippen LogP) is 2.33. The SMILES string of the molecule is CCCNc1cc(SCC(C)CO)nc(C)n1. The number of aliphatic hydroxyl groups excluding tert-OH is 1. The van der Waals surface area contributed by atoms with E-state index in [9.17, 15) is 0 Å². The molecule has 1 aromatic rings. The van der Waals surface area contributed by atoms with E-state index in [0.29, 0.717) is 5.92 Å². The molecule has 1 rings (SSSR count). The number of hydrogen-bond acceptors (Lipinski definition) is 5. The number of nitrogens with one attached hydrogen (secondary N) is 1. The van der Waals surface area contributed by atoms with Gasteiger partial charge in [0.1, 0.15) is 16.7 Å². The lowest BCUT2D eigenvalue weighted by molar-refractivity contribution is 0.250. The lowest BCUT2D eigenvalue weighted by atomic mass is 10.2. The van der Waals surface area contributed by atoms with Gasteiger partial charge in [0.15, 0.2) is 0 Å². The molecule has 2 N–H and O–H groups in total. The summed E-state index contributed by atoms with van der Waals surface area (Å²) in [6.07, 6.45) is 1.08. The van der Waals surface area contributed by atoms with Gasteiger partial charge >= 0.3 is 0 Å². The molecule has 0 spiro atoms. The van der Waals surface area contributed by atoms with Crippen LogP contribution < -0.4 is 5.32 Å². The van der Waals surface area contributed by atoms with Gasteiger partial charge in [-0.3, -0.25) is 0 Å². The third-order valence-corrected chi connectivity index (χ3v) is 3.44. The molecule has 17 heavy (non-hydrogen) atoms. The fraction of sp³-hybridized carbons (Fsp3) is 0.667. The maximum absolute atomic E-state index is 8.98. The number of aromatic nitrogens is 2. The van der Waals surface area contributed by atoms with Crippen molar-refractivity contribution in [3.63, 3.8) is 0 Å². The van der Waals surface area contributed by atoms with Gasteiger partial charge in [0.05, 0.1) is 0 Å². The zero-order valence-corrected chi connectivity index (χ0v) is 11.5. The monoisotopic (exact) mass is 255 g/mol. The van der Waals surface area contributed by atoms with Crippen LogP contribution in [0.4, 0.5) is 5.82 Å². The Hall–Kier alpha value is -0.810. The molecule has 5 heteroatoms. The number of anilines is 1. The molecule has 0 radical (unpaired) electrons. The minimum Gasteiger partial charge on any atom is -0.396 e. The summed E-state index contributed by atoms with van der Waals surface area (Å²) < 4.78 is 0. The van der Waals surface area contributed by atoms with E-state index in [2.05, 4.69) is 22.2 Å². The first kappa shape index (κ1) is 14.3. The molecule has 4 nitrogen and oxygen atoms in total. The van der Waals surface area contributed by atoms with Crippen molar-refractivity contribution in [1.29, 1.82) is 0 Å². The van der Waals surface area contributed by atoms with Crippen LogP contribution in [0.25, 0.3) is 0 Å². The standard InChI is InChI=1S/C12H21N3OS/c1-4-5-13-11-6-12(15-10(3)14-11)17-8-9(2)7-16/h6,9,16H,4-5,7-8H2,1-3H3,(H,13,14,15). The molecule has 0 aliphatic carbocycles. The molecular formula is C12H21N3OS. The van der Waals surface area contributed by atoms with E-state index >= 15 is 0 Å². The molecule has 0 amide bonds. The van der Waals surface area contributed by atoms with Crippen LogP contribution in [0.2, 0.25) is 0 Å². The summed E-state index contributed by atoms with van der Waals surface area (Å²) in [6.45, 7) is 7.19. The second-order valence-corrected chi connectivity index (χ2v) is 5.20. The van der Waals surface area contributed by atoms with Crippen molar-refractivity contribution >= 4 is 17.6 Å². The van der Waals surface area contributed by atoms with Crippen LogP contribution in [0.5, 0.6) is 0 Å². The smallest absolute Gasteiger partial charge is 0.130 e. The van der Waals surface area contributed by atoms with Crippen molar-refractivity contribution in [1.82, 2.24) is 9.97 Å². The highest BCUT2D eigenvalue weighted by molar-refractivity contribution is 7.99. The average molecular weight is 255 g/mol. The maximum Gasteiger partial charge on any atom is 0.130 e. The van der Waals surface area contributed by atoms with Crippen LogP contribution >= 0.6 is 11.8 Å². The van der Waals surface area contributed by atoms with Gasteiger partial charge in [-0.15, -0.1) is 11.8 Å². The first-order valence-electron chi connectivity index (χ1n) is 5.99. The minimum atomic E-state index is 0.220. The summed E-state index contributed by atoms with van der Waals surface area (Å²) in [4.78, 5) is 8.71. The Morgan fingerprint density at radius 2 is 2.24 bits per heavy atom. The fourth-order valence-electron chi connectivity index (χ4n) is 1.24. The summed E-state index contributed by atoms with van der Waals surface area (Å²) in [6, 6.07) is 1.97. The van der Waals surface area contributed by atoms with Crippen molar-refractivity contribution in [3.05, 3.63) is 11.9 Å². The van der Waals surface area contributed by atoms with Crippen LogP contribution in [-0.4, -0.2) is 34.0 Å². The van der Waals surface area contributed by atoms with E-state index < -0.39 is 0 Å². The van der Waals surface area contributed by atoms with Crippen LogP contribution in [0, 0.1) is 12.8 Å². The molecule has 1 atom stereocenters. The molecule has 0 saturated carbocycles. The molecule has 1 unspecified atom stereocenters. The third kappa shape index (κ3) is 5.37. The zero-order valence-electron chi connectivity index (χ0n) is 10.7. The van der Waals surface area contributed by atoms with Gasteiger partial charge in [0, 0.05) is 25.0 Å². The molecule has 0 saturated heterocycles. The molecule has 1 heterocycles. The second-order valence-electron chi connectivity index (χ2n) is 4.16. The number of rotatable bonds is 7. The minimum absolute atomic E-state index is 0.220. The first-order valence-corrected chi connectivity index (χ1v) is 6.97. The van der Waals surface area contributed by atoms with Gasteiger partial charge in [-0.05, 0) is 19.3 Å². The topological polar surface area (TPSA) is 58.0 Å². The lowest BCUT2D eigenvalue weighted by Gasteiger charge is -2.09. The quantitative estimate of drug-likeness (QED) is 0.578. The van der Waals surface area contributed by atoms with Crippen LogP contribution in [0.1, 0.15) is 26.1 Å². The Balaban J connectivity index is 2.61. The molecule has 0 bridgehead atoms. The Labute approximate surface area is 107 Å². The predicted molar refractivity (Wildman–Crippen MR) is 72.5 cm³/mol. The molecule has 96 valence electrons. The molecule has 0 aliphatic rings. The maximum atomic E-state index is 8.98. The van der Waals surface area contributed by atoms with Crippen molar-refractivity contribution in [2.75, 3.05) is 24.2 Å². The summed E-state index contributed by atoms with van der Waals surface area (Å²) in [7, 11) is 0. The van der Waals surface area contributed by atoms with Gasteiger partial charge in [-0.1, -0.05) is 13.8 Å². The van der Waals surface area contributed by atoms with E-state index in [4.69, 9.17) is 5.11 Å². The molecule has 0 fully saturated rings. The highest BCUT2D eigenvalue weighted by Crippen LogP contribution is 2.20. The van der Waals surface area contributed by atoms with E-state index in [1.165, 1.54) is 0 Å². The van der Waals surface area contributed by atoms with E-state index in [1.807, 2.05) is 19.9 Å². The zero-order chi connectivity index (χ0) is 12.7. The normalized spacial score (nSPS) is 12.5. The Morgan fingerprint density at radius 3 is 2.88 bits per heavy atom. The largest absolute Gasteiger partial charge is 0.396 e. The van der Waals surface area contributed by atoms with Crippen molar-refractivity contribution in [2.45, 2.75) is 32.2 Å². The summed E-state index contributed by atoms with van der Waals surface area (Å²) in [5.74, 6) is 2.84. The highest BCUT2D eigenvalue weighted by atomic mass is 32.2. The van der Waals surface area contributed by atoms with Crippen LogP contribution in [0.3, 0.4) is 0 Å². The van der Waals surface area contributed by atoms with Crippen LogP contribution in [0.15, 0.2) is 11.1 Å². The van der Waals surface area contributed by atoms with Crippen LogP contribution in [-0.2, 0) is 0 Å². The molecule has 0 aliphatic heterocycles. The Kier molecular flexibility index (Phi) is 6.29. The van der Waals surface area contributed by atoms with Gasteiger partial charge in [0.2, 0.25) is 0 Å². The number of hydrogen-bond donors (Lipinski definition) is 2. The molecular weight excluding hydrogens is 234 g/mol. The third-order valence-electron chi connectivity index (χ3n) is 2.20. The van der Waals surface area contributed by atoms with Crippen molar-refractivity contribution < 1.29 is 5.11 Å². The Morgan fingerprint density at radius 1 is 1.47 bits per heavy atom. The number of nitrogens with zero attached hydrogens (tertiary/aromatic N) is 2. The second kappa shape index (κ2) is 7.50. The van der Waals surface area contributed by atoms with E-state index in [0.717, 1.165) is 35.4 Å². The van der Waals surface area contributed by atoms with Gasteiger partial charge < -0.3 is 10.4 Å². The molecule has 1 aromatic heterocycles. The lowest BCUT2D eigenvalue weighted by Crippen LogP contribution is -2.06. The summed E-state index contributed by atoms with van der Waals surface area (Å²) in [5.41, 5.74) is 0. The fourth-order valence-corrected chi connectivity index (χ4v) is 2.19. The van der Waals surface area contributed by atoms with Gasteiger partial charge in [0.25, 0.3) is 0 Å². The number of thioether (sulfide) groups is 1. The van der Waals surface area contributed by atoms with Gasteiger partial charge in [-0.2, -0.15) is 0 Å². The Bertz CT molecular complexity index is 347. The first-order chi connectivity index (χ1) is 8.15. The molecule has 0 aromatic carbocycles. The van der Waals surface area contributed by atoms with Crippen molar-refractivity contribution in [3.8, 4) is 0 Å². The van der Waals surface area contributed by atoms with Gasteiger partial charge in [-0.25, -0.2) is 9.97 Å². The summed E-state index contributed by atoms with van der Waals surface area (Å²) in [5, 5.41) is 13.2. The van der Waals surface area contributed by atoms with E-state index in [1.54, 1.807) is 11.8 Å². The highest BCUT2D eigenvalue weighted by Gasteiger charge is 2.05. The van der Waals surface area contributed by atoms with E-state index in [-0.39, 0.29) is 6.61 Å². The summed E-state index contributed by atoms with van der Waals surface area (Å²) >= 11 is 1.66. The number of aliphatic hydroxyl groups is 1. The average Bonchev–Trinajstić information content (AvgIpc) is 2.32. The number of aryl methyl sites for hydroxylation is 1. The van der Waals surface area contributed by atoms with Crippen molar-refractivity contribution in [2.24, 2.45) is 5.92 Å².